The van der Waals surface area contributed by atoms with Gasteiger partial charge in [0, 0.05) is 4.88 Å². The Bertz CT molecular complexity index is 989. The van der Waals surface area contributed by atoms with Crippen molar-refractivity contribution in [2.24, 2.45) is 0 Å². The Morgan fingerprint density at radius 2 is 2.19 bits per heavy atom. The van der Waals surface area contributed by atoms with Gasteiger partial charge in [-0.3, -0.25) is 4.79 Å². The Balaban J connectivity index is 1.79. The fourth-order valence-corrected chi connectivity index (χ4v) is 5.06. The topological polar surface area (TPSA) is 76.6 Å². The van der Waals surface area contributed by atoms with Crippen molar-refractivity contribution in [2.75, 3.05) is 27.2 Å². The second-order valence-corrected chi connectivity index (χ2v) is 8.54. The van der Waals surface area contributed by atoms with Crippen molar-refractivity contribution in [3.05, 3.63) is 22.1 Å². The van der Waals surface area contributed by atoms with Gasteiger partial charge in [0.1, 0.15) is 10.7 Å². The Morgan fingerprint density at radius 3 is 2.96 bits per heavy atom. The van der Waals surface area contributed by atoms with E-state index in [1.54, 1.807) is 15.9 Å². The molecule has 1 amide bonds. The van der Waals surface area contributed by atoms with Crippen LogP contribution in [0.25, 0.3) is 15.9 Å². The molecule has 1 aliphatic rings. The van der Waals surface area contributed by atoms with Gasteiger partial charge in [0.2, 0.25) is 5.82 Å². The number of thiophene rings is 1. The van der Waals surface area contributed by atoms with Crippen LogP contribution >= 0.6 is 11.3 Å². The predicted octanol–water partition coefficient (Wildman–Crippen LogP) is 0.962. The van der Waals surface area contributed by atoms with E-state index in [9.17, 15) is 4.79 Å². The zero-order valence-corrected chi connectivity index (χ0v) is 16.5. The third-order valence-corrected chi connectivity index (χ3v) is 6.21. The van der Waals surface area contributed by atoms with Gasteiger partial charge in [0.15, 0.2) is 5.65 Å². The lowest BCUT2D eigenvalue weighted by Crippen LogP contribution is -3.06. The average molecular weight is 374 g/mol. The van der Waals surface area contributed by atoms with Crippen LogP contribution in [0.3, 0.4) is 0 Å². The van der Waals surface area contributed by atoms with Crippen molar-refractivity contribution in [1.29, 1.82) is 0 Å². The number of rotatable bonds is 4. The average Bonchev–Trinajstić information content (AvgIpc) is 3.16. The molecule has 2 N–H and O–H groups in total. The second-order valence-electron chi connectivity index (χ2n) is 7.46. The summed E-state index contributed by atoms with van der Waals surface area (Å²) in [6, 6.07) is 0. The van der Waals surface area contributed by atoms with Gasteiger partial charge in [-0.15, -0.1) is 16.4 Å². The minimum Gasteiger partial charge on any atom is -0.344 e. The van der Waals surface area contributed by atoms with Gasteiger partial charge in [-0.05, 0) is 37.7 Å². The standard InChI is InChI=1S/C18H24N6OS/c1-10-6-5-7-12-13(10)14-16-21-15(17(25)19-8-9-23(3)4)22-24(16)11(2)20-18(14)26-12/h10H,5-9H2,1-4H3,(H,19,25)/p+1/t10-/m1/s1. The molecule has 0 bridgehead atoms. The van der Waals surface area contributed by atoms with Gasteiger partial charge < -0.3 is 10.2 Å². The highest BCUT2D eigenvalue weighted by atomic mass is 32.1. The molecule has 0 unspecified atom stereocenters. The number of amides is 1. The van der Waals surface area contributed by atoms with E-state index in [1.165, 1.54) is 28.2 Å². The number of fused-ring (bicyclic) bond motifs is 5. The first-order valence-electron chi connectivity index (χ1n) is 9.21. The first-order valence-corrected chi connectivity index (χ1v) is 10.0. The molecule has 0 radical (unpaired) electrons. The van der Waals surface area contributed by atoms with E-state index in [0.717, 1.165) is 34.7 Å². The summed E-state index contributed by atoms with van der Waals surface area (Å²) in [5.41, 5.74) is 2.13. The maximum atomic E-state index is 12.5. The molecule has 3 heterocycles. The largest absolute Gasteiger partial charge is 0.344 e. The number of nitrogens with zero attached hydrogens (tertiary/aromatic N) is 4. The van der Waals surface area contributed by atoms with Crippen LogP contribution in [0.2, 0.25) is 0 Å². The Hall–Kier alpha value is -2.06. The summed E-state index contributed by atoms with van der Waals surface area (Å²) in [5.74, 6) is 1.26. The van der Waals surface area contributed by atoms with Gasteiger partial charge in [-0.2, -0.15) is 4.52 Å². The predicted molar refractivity (Wildman–Crippen MR) is 102 cm³/mol. The van der Waals surface area contributed by atoms with E-state index in [-0.39, 0.29) is 11.7 Å². The number of carbonyl (C=O) groups excluding carboxylic acids is 1. The monoisotopic (exact) mass is 373 g/mol. The van der Waals surface area contributed by atoms with Crippen molar-refractivity contribution in [1.82, 2.24) is 24.9 Å². The van der Waals surface area contributed by atoms with E-state index < -0.39 is 0 Å². The highest BCUT2D eigenvalue weighted by Gasteiger charge is 2.26. The second kappa shape index (κ2) is 6.59. The van der Waals surface area contributed by atoms with Gasteiger partial charge in [0.25, 0.3) is 5.91 Å². The molecule has 3 aromatic rings. The highest BCUT2D eigenvalue weighted by molar-refractivity contribution is 7.19. The molecule has 0 spiro atoms. The molecule has 0 aliphatic heterocycles. The highest BCUT2D eigenvalue weighted by Crippen LogP contribution is 2.42. The van der Waals surface area contributed by atoms with E-state index >= 15 is 0 Å². The third kappa shape index (κ3) is 2.87. The van der Waals surface area contributed by atoms with Gasteiger partial charge in [0.05, 0.1) is 32.6 Å². The first kappa shape index (κ1) is 17.4. The smallest absolute Gasteiger partial charge is 0.291 e. The summed E-state index contributed by atoms with van der Waals surface area (Å²) in [5, 5.41) is 8.44. The van der Waals surface area contributed by atoms with Crippen molar-refractivity contribution in [2.45, 2.75) is 39.0 Å². The van der Waals surface area contributed by atoms with E-state index in [2.05, 4.69) is 36.4 Å². The van der Waals surface area contributed by atoms with Gasteiger partial charge >= 0.3 is 0 Å². The number of aryl methyl sites for hydroxylation is 2. The van der Waals surface area contributed by atoms with Gasteiger partial charge in [-0.25, -0.2) is 9.97 Å². The molecule has 0 aromatic carbocycles. The van der Waals surface area contributed by atoms with Crippen LogP contribution in [-0.4, -0.2) is 52.7 Å². The quantitative estimate of drug-likeness (QED) is 0.714. The molecule has 0 saturated carbocycles. The molecule has 7 nitrogen and oxygen atoms in total. The minimum absolute atomic E-state index is 0.222. The summed E-state index contributed by atoms with van der Waals surface area (Å²) in [6.45, 7) is 5.65. The fraction of sp³-hybridized carbons (Fsp3) is 0.556. The molecule has 8 heteroatoms. The molecule has 0 saturated heterocycles. The van der Waals surface area contributed by atoms with Crippen LogP contribution in [0.15, 0.2) is 0 Å². The summed E-state index contributed by atoms with van der Waals surface area (Å²) < 4.78 is 1.72. The molecular formula is C18H25N6OS+. The van der Waals surface area contributed by atoms with Crippen molar-refractivity contribution < 1.29 is 9.69 Å². The van der Waals surface area contributed by atoms with Crippen LogP contribution in [-0.2, 0) is 6.42 Å². The maximum Gasteiger partial charge on any atom is 0.291 e. The van der Waals surface area contributed by atoms with Crippen LogP contribution in [0.5, 0.6) is 0 Å². The number of carbonyl (C=O) groups is 1. The Morgan fingerprint density at radius 1 is 1.38 bits per heavy atom. The lowest BCUT2D eigenvalue weighted by atomic mass is 9.87. The Labute approximate surface area is 156 Å². The zero-order valence-electron chi connectivity index (χ0n) is 15.7. The first-order chi connectivity index (χ1) is 12.5. The van der Waals surface area contributed by atoms with Crippen LogP contribution in [0.4, 0.5) is 0 Å². The fourth-order valence-electron chi connectivity index (χ4n) is 3.69. The number of hydrogen-bond acceptors (Lipinski definition) is 5. The third-order valence-electron chi connectivity index (χ3n) is 5.05. The summed E-state index contributed by atoms with van der Waals surface area (Å²) in [7, 11) is 4.12. The molecule has 26 heavy (non-hydrogen) atoms. The van der Waals surface area contributed by atoms with E-state index in [0.29, 0.717) is 12.5 Å². The maximum absolute atomic E-state index is 12.5. The lowest BCUT2D eigenvalue weighted by Gasteiger charge is -2.18. The molecule has 4 rings (SSSR count). The SMILES string of the molecule is Cc1nc2sc3c(c2c2nc(C(=O)NCC[NH+](C)C)nn12)[C@H](C)CCC3. The number of aromatic nitrogens is 4. The van der Waals surface area contributed by atoms with E-state index in [1.807, 2.05) is 6.92 Å². The molecule has 1 atom stereocenters. The minimum atomic E-state index is -0.223. The van der Waals surface area contributed by atoms with Crippen molar-refractivity contribution >= 4 is 33.1 Å². The van der Waals surface area contributed by atoms with E-state index in [4.69, 9.17) is 4.98 Å². The summed E-state index contributed by atoms with van der Waals surface area (Å²) in [6.07, 6.45) is 3.53. The lowest BCUT2D eigenvalue weighted by molar-refractivity contribution is -0.856. The molecule has 3 aromatic heterocycles. The molecule has 0 fully saturated rings. The van der Waals surface area contributed by atoms with Gasteiger partial charge in [-0.1, -0.05) is 6.92 Å². The molecule has 1 aliphatic carbocycles. The number of quaternary nitrogens is 1. The van der Waals surface area contributed by atoms with Crippen LogP contribution < -0.4 is 10.2 Å². The summed E-state index contributed by atoms with van der Waals surface area (Å²) >= 11 is 1.77. The van der Waals surface area contributed by atoms with Crippen molar-refractivity contribution in [3.63, 3.8) is 0 Å². The van der Waals surface area contributed by atoms with Crippen LogP contribution in [0.1, 0.15) is 52.6 Å². The molecular weight excluding hydrogens is 348 g/mol. The van der Waals surface area contributed by atoms with Crippen LogP contribution in [0, 0.1) is 6.92 Å². The van der Waals surface area contributed by atoms with Crippen molar-refractivity contribution in [3.8, 4) is 0 Å². The number of hydrogen-bond donors (Lipinski definition) is 2. The number of nitrogens with one attached hydrogen (secondary N) is 2. The zero-order chi connectivity index (χ0) is 18.4. The number of likely N-dealkylation sites (N-methyl/N-ethyl adjacent to an activating group) is 1. The summed E-state index contributed by atoms with van der Waals surface area (Å²) in [4.78, 5) is 25.5. The normalized spacial score (nSPS) is 17.2. The molecule has 138 valence electrons. The Kier molecular flexibility index (Phi) is 4.40.